The maximum Gasteiger partial charge on any atom is 0.257 e. The molecule has 0 radical (unpaired) electrons. The molecular formula is C21H22F2N2O2. The van der Waals surface area contributed by atoms with E-state index in [-0.39, 0.29) is 17.2 Å². The van der Waals surface area contributed by atoms with Crippen molar-refractivity contribution >= 4 is 5.91 Å². The number of benzene rings is 2. The van der Waals surface area contributed by atoms with E-state index in [1.165, 1.54) is 11.6 Å². The summed E-state index contributed by atoms with van der Waals surface area (Å²) in [7, 11) is 2.08. The smallest absolute Gasteiger partial charge is 0.257 e. The van der Waals surface area contributed by atoms with Crippen LogP contribution in [0.15, 0.2) is 48.5 Å². The van der Waals surface area contributed by atoms with Crippen LogP contribution in [0, 0.1) is 11.6 Å². The number of nitrogens with zero attached hydrogens (tertiary/aromatic N) is 2. The van der Waals surface area contributed by atoms with E-state index in [0.717, 1.165) is 25.1 Å². The maximum atomic E-state index is 13.8. The summed E-state index contributed by atoms with van der Waals surface area (Å²) in [6.45, 7) is 2.35. The average Bonchev–Trinajstić information content (AvgIpc) is 3.07. The first kappa shape index (κ1) is 18.1. The molecule has 6 heteroatoms. The molecule has 27 heavy (non-hydrogen) atoms. The van der Waals surface area contributed by atoms with E-state index in [1.807, 2.05) is 18.2 Å². The van der Waals surface area contributed by atoms with E-state index in [0.29, 0.717) is 19.7 Å². The lowest BCUT2D eigenvalue weighted by molar-refractivity contribution is -0.0951. The monoisotopic (exact) mass is 372 g/mol. The van der Waals surface area contributed by atoms with Crippen LogP contribution in [0.1, 0.15) is 22.3 Å². The van der Waals surface area contributed by atoms with Gasteiger partial charge in [-0.2, -0.15) is 0 Å². The number of likely N-dealkylation sites (N-methyl/N-ethyl adjacent to an activating group) is 1. The number of rotatable bonds is 4. The van der Waals surface area contributed by atoms with Crippen LogP contribution in [0.2, 0.25) is 0 Å². The normalized spacial score (nSPS) is 20.9. The van der Waals surface area contributed by atoms with Crippen molar-refractivity contribution in [3.8, 4) is 0 Å². The van der Waals surface area contributed by atoms with Gasteiger partial charge in [0.1, 0.15) is 17.2 Å². The van der Waals surface area contributed by atoms with Gasteiger partial charge >= 0.3 is 0 Å². The number of carbonyl (C=O) groups is 1. The number of carbonyl (C=O) groups excluding carboxylic acids is 1. The molecule has 0 aromatic heterocycles. The van der Waals surface area contributed by atoms with Gasteiger partial charge in [-0.05, 0) is 31.2 Å². The van der Waals surface area contributed by atoms with E-state index >= 15 is 0 Å². The minimum Gasteiger partial charge on any atom is -0.370 e. The first-order chi connectivity index (χ1) is 13.0. The van der Waals surface area contributed by atoms with Crippen molar-refractivity contribution in [1.29, 1.82) is 0 Å². The van der Waals surface area contributed by atoms with Gasteiger partial charge in [0.25, 0.3) is 5.91 Å². The van der Waals surface area contributed by atoms with Crippen molar-refractivity contribution in [2.24, 2.45) is 0 Å². The SMILES string of the molecule is CN(Cc1ccccc1)C1COC2(C1)CN(C(=O)c1ccc(F)cc1F)C2. The molecule has 2 saturated heterocycles. The summed E-state index contributed by atoms with van der Waals surface area (Å²) in [5.74, 6) is -1.93. The molecule has 4 nitrogen and oxygen atoms in total. The summed E-state index contributed by atoms with van der Waals surface area (Å²) >= 11 is 0. The molecule has 2 heterocycles. The molecular weight excluding hydrogens is 350 g/mol. The molecule has 2 aliphatic rings. The number of ether oxygens (including phenoxy) is 1. The van der Waals surface area contributed by atoms with Gasteiger partial charge in [0.15, 0.2) is 0 Å². The largest absolute Gasteiger partial charge is 0.370 e. The summed E-state index contributed by atoms with van der Waals surface area (Å²) in [6.07, 6.45) is 0.839. The standard InChI is InChI=1S/C21H22F2N2O2/c1-24(11-15-5-3-2-4-6-15)17-10-21(27-12-17)13-25(14-21)20(26)18-8-7-16(22)9-19(18)23/h2-9,17H,10-14H2,1H3. The van der Waals surface area contributed by atoms with Crippen molar-refractivity contribution in [2.45, 2.75) is 24.6 Å². The molecule has 0 N–H and O–H groups in total. The van der Waals surface area contributed by atoms with E-state index in [1.54, 1.807) is 4.90 Å². The highest BCUT2D eigenvalue weighted by atomic mass is 19.1. The van der Waals surface area contributed by atoms with E-state index in [4.69, 9.17) is 4.74 Å². The van der Waals surface area contributed by atoms with Crippen LogP contribution in [-0.2, 0) is 11.3 Å². The Morgan fingerprint density at radius 2 is 1.96 bits per heavy atom. The molecule has 1 unspecified atom stereocenters. The molecule has 2 fully saturated rings. The van der Waals surface area contributed by atoms with Crippen molar-refractivity contribution in [2.75, 3.05) is 26.7 Å². The highest BCUT2D eigenvalue weighted by Gasteiger charge is 2.52. The van der Waals surface area contributed by atoms with E-state index in [9.17, 15) is 13.6 Å². The molecule has 1 amide bonds. The number of hydrogen-bond acceptors (Lipinski definition) is 3. The van der Waals surface area contributed by atoms with Crippen molar-refractivity contribution < 1.29 is 18.3 Å². The molecule has 142 valence electrons. The Kier molecular flexibility index (Phi) is 4.70. The lowest BCUT2D eigenvalue weighted by atomic mass is 9.88. The lowest BCUT2D eigenvalue weighted by Crippen LogP contribution is -2.63. The van der Waals surface area contributed by atoms with Crippen LogP contribution in [0.4, 0.5) is 8.78 Å². The molecule has 1 atom stereocenters. The Labute approximate surface area is 157 Å². The van der Waals surface area contributed by atoms with Gasteiger partial charge in [-0.3, -0.25) is 9.69 Å². The maximum absolute atomic E-state index is 13.8. The van der Waals surface area contributed by atoms with Gasteiger partial charge in [0, 0.05) is 18.7 Å². The fraction of sp³-hybridized carbons (Fsp3) is 0.381. The Balaban J connectivity index is 1.34. The Morgan fingerprint density at radius 3 is 2.67 bits per heavy atom. The van der Waals surface area contributed by atoms with E-state index < -0.39 is 17.5 Å². The van der Waals surface area contributed by atoms with Crippen molar-refractivity contribution in [3.63, 3.8) is 0 Å². The minimum absolute atomic E-state index is 0.0954. The molecule has 0 aliphatic carbocycles. The Morgan fingerprint density at radius 1 is 1.22 bits per heavy atom. The minimum atomic E-state index is -0.825. The predicted octanol–water partition coefficient (Wildman–Crippen LogP) is 3.08. The van der Waals surface area contributed by atoms with Crippen LogP contribution in [0.5, 0.6) is 0 Å². The van der Waals surface area contributed by atoms with Gasteiger partial charge < -0.3 is 9.64 Å². The third-order valence-corrected chi connectivity index (χ3v) is 5.49. The third kappa shape index (κ3) is 3.59. The highest BCUT2D eigenvalue weighted by molar-refractivity contribution is 5.95. The summed E-state index contributed by atoms with van der Waals surface area (Å²) in [4.78, 5) is 16.3. The highest BCUT2D eigenvalue weighted by Crippen LogP contribution is 2.37. The number of halogens is 2. The topological polar surface area (TPSA) is 32.8 Å². The van der Waals surface area contributed by atoms with E-state index in [2.05, 4.69) is 24.1 Å². The van der Waals surface area contributed by atoms with Gasteiger partial charge in [-0.1, -0.05) is 30.3 Å². The first-order valence-electron chi connectivity index (χ1n) is 9.08. The van der Waals surface area contributed by atoms with Crippen molar-refractivity contribution in [3.05, 3.63) is 71.3 Å². The quantitative estimate of drug-likeness (QED) is 0.827. The zero-order valence-corrected chi connectivity index (χ0v) is 15.2. The van der Waals surface area contributed by atoms with Gasteiger partial charge in [-0.25, -0.2) is 8.78 Å². The van der Waals surface area contributed by atoms with Crippen LogP contribution >= 0.6 is 0 Å². The fourth-order valence-electron chi connectivity index (χ4n) is 3.95. The van der Waals surface area contributed by atoms with Crippen LogP contribution in [-0.4, -0.2) is 54.1 Å². The van der Waals surface area contributed by atoms with Crippen molar-refractivity contribution in [1.82, 2.24) is 9.80 Å². The third-order valence-electron chi connectivity index (χ3n) is 5.49. The molecule has 2 aromatic carbocycles. The van der Waals surface area contributed by atoms with Crippen LogP contribution < -0.4 is 0 Å². The molecule has 0 saturated carbocycles. The molecule has 0 bridgehead atoms. The first-order valence-corrected chi connectivity index (χ1v) is 9.08. The zero-order valence-electron chi connectivity index (χ0n) is 15.2. The fourth-order valence-corrected chi connectivity index (χ4v) is 3.95. The molecule has 1 spiro atoms. The molecule has 4 rings (SSSR count). The summed E-state index contributed by atoms with van der Waals surface area (Å²) < 4.78 is 32.9. The zero-order chi connectivity index (χ0) is 19.0. The Bertz CT molecular complexity index is 837. The predicted molar refractivity (Wildman–Crippen MR) is 97.3 cm³/mol. The number of hydrogen-bond donors (Lipinski definition) is 0. The molecule has 2 aliphatic heterocycles. The second-order valence-electron chi connectivity index (χ2n) is 7.54. The number of likely N-dealkylation sites (tertiary alicyclic amines) is 1. The van der Waals surface area contributed by atoms with Gasteiger partial charge in [-0.15, -0.1) is 0 Å². The second-order valence-corrected chi connectivity index (χ2v) is 7.54. The summed E-state index contributed by atoms with van der Waals surface area (Å²) in [6, 6.07) is 13.6. The van der Waals surface area contributed by atoms with Crippen LogP contribution in [0.25, 0.3) is 0 Å². The molecule has 2 aromatic rings. The lowest BCUT2D eigenvalue weighted by Gasteiger charge is -2.47. The van der Waals surface area contributed by atoms with Gasteiger partial charge in [0.2, 0.25) is 0 Å². The second kappa shape index (κ2) is 7.02. The van der Waals surface area contributed by atoms with Crippen LogP contribution in [0.3, 0.4) is 0 Å². The Hall–Kier alpha value is -2.31. The number of amides is 1. The summed E-state index contributed by atoms with van der Waals surface area (Å²) in [5, 5.41) is 0. The summed E-state index contributed by atoms with van der Waals surface area (Å²) in [5.41, 5.74) is 0.807. The van der Waals surface area contributed by atoms with Gasteiger partial charge in [0.05, 0.1) is 25.3 Å². The average molecular weight is 372 g/mol.